The number of ether oxygens (including phenoxy) is 1. The van der Waals surface area contributed by atoms with Crippen LogP contribution in [0.2, 0.25) is 5.02 Å². The predicted octanol–water partition coefficient (Wildman–Crippen LogP) is 1.72. The first kappa shape index (κ1) is 13.3. The average Bonchev–Trinajstić information content (AvgIpc) is 2.28. The van der Waals surface area contributed by atoms with E-state index in [9.17, 15) is 4.79 Å². The minimum absolute atomic E-state index is 0.282. The molecule has 1 aromatic rings. The molecule has 6 heteroatoms. The summed E-state index contributed by atoms with van der Waals surface area (Å²) in [5.41, 5.74) is 1.17. The van der Waals surface area contributed by atoms with Gasteiger partial charge in [-0.1, -0.05) is 11.6 Å². The third-order valence-electron chi connectivity index (χ3n) is 1.89. The monoisotopic (exact) mass is 254 g/mol. The number of nitrogens with one attached hydrogen (secondary N) is 1. The molecule has 0 aliphatic carbocycles. The molecule has 5 nitrogen and oxygen atoms in total. The van der Waals surface area contributed by atoms with Gasteiger partial charge in [0.1, 0.15) is 12.7 Å². The van der Waals surface area contributed by atoms with Crippen LogP contribution in [0.3, 0.4) is 0 Å². The first-order chi connectivity index (χ1) is 8.13. The van der Waals surface area contributed by atoms with E-state index in [0.29, 0.717) is 17.1 Å². The lowest BCUT2D eigenvalue weighted by Crippen LogP contribution is -2.14. The number of carboxylic acids is 1. The minimum atomic E-state index is -0.994. The van der Waals surface area contributed by atoms with Gasteiger partial charge in [0.25, 0.3) is 0 Å². The van der Waals surface area contributed by atoms with Gasteiger partial charge in [-0.05, 0) is 18.2 Å². The number of benzene rings is 1. The molecule has 0 saturated heterocycles. The fraction of sp³-hybridized carbons (Fsp3) is 0.273. The quantitative estimate of drug-likeness (QED) is 0.756. The number of nitrogens with zero attached hydrogens (tertiary/aromatic N) is 1. The van der Waals surface area contributed by atoms with Crippen molar-refractivity contribution in [3.05, 3.63) is 28.8 Å². The molecule has 0 heterocycles. The molecular weight excluding hydrogens is 244 g/mol. The van der Waals surface area contributed by atoms with Crippen LogP contribution in [-0.2, 0) is 9.53 Å². The zero-order valence-electron chi connectivity index (χ0n) is 8.94. The number of carboxylic acid groups (broad SMARTS) is 1. The topological polar surface area (TPSA) is 82.3 Å². The summed E-state index contributed by atoms with van der Waals surface area (Å²) in [7, 11) is 0. The second-order valence-electron chi connectivity index (χ2n) is 3.18. The first-order valence-electron chi connectivity index (χ1n) is 4.86. The van der Waals surface area contributed by atoms with E-state index in [4.69, 9.17) is 26.7 Å². The van der Waals surface area contributed by atoms with Crippen molar-refractivity contribution in [2.24, 2.45) is 0 Å². The maximum atomic E-state index is 10.2. The molecule has 90 valence electrons. The van der Waals surface area contributed by atoms with Crippen LogP contribution in [-0.4, -0.2) is 30.8 Å². The highest BCUT2D eigenvalue weighted by atomic mass is 35.5. The van der Waals surface area contributed by atoms with Crippen molar-refractivity contribution in [1.29, 1.82) is 5.26 Å². The van der Waals surface area contributed by atoms with Crippen molar-refractivity contribution in [3.63, 3.8) is 0 Å². The standard InChI is InChI=1S/C11H11ClN2O3/c12-10-5-9(2-1-8(10)6-13)14-3-4-17-7-11(15)16/h1-2,5,14H,3-4,7H2,(H,15,16). The molecule has 0 bridgehead atoms. The van der Waals surface area contributed by atoms with Crippen LogP contribution in [0, 0.1) is 11.3 Å². The molecule has 1 rings (SSSR count). The van der Waals surface area contributed by atoms with Crippen LogP contribution >= 0.6 is 11.6 Å². The van der Waals surface area contributed by atoms with Gasteiger partial charge < -0.3 is 15.2 Å². The fourth-order valence-electron chi connectivity index (χ4n) is 1.14. The minimum Gasteiger partial charge on any atom is -0.480 e. The van der Waals surface area contributed by atoms with Crippen molar-refractivity contribution in [1.82, 2.24) is 0 Å². The summed E-state index contributed by atoms with van der Waals surface area (Å²) in [6.45, 7) is 0.440. The number of rotatable bonds is 6. The van der Waals surface area contributed by atoms with Crippen LogP contribution < -0.4 is 5.32 Å². The van der Waals surface area contributed by atoms with Crippen LogP contribution in [0.25, 0.3) is 0 Å². The Morgan fingerprint density at radius 3 is 2.94 bits per heavy atom. The number of aliphatic carboxylic acids is 1. The van der Waals surface area contributed by atoms with Gasteiger partial charge in [0, 0.05) is 12.2 Å². The Hall–Kier alpha value is -1.77. The molecule has 0 unspecified atom stereocenters. The Labute approximate surface area is 104 Å². The zero-order valence-corrected chi connectivity index (χ0v) is 9.70. The molecule has 0 spiro atoms. The van der Waals surface area contributed by atoms with Gasteiger partial charge in [0.2, 0.25) is 0 Å². The Morgan fingerprint density at radius 1 is 1.59 bits per heavy atom. The second kappa shape index (κ2) is 6.74. The number of hydrogen-bond acceptors (Lipinski definition) is 4. The number of nitriles is 1. The zero-order chi connectivity index (χ0) is 12.7. The lowest BCUT2D eigenvalue weighted by Gasteiger charge is -2.07. The second-order valence-corrected chi connectivity index (χ2v) is 3.59. The molecule has 0 radical (unpaired) electrons. The highest BCUT2D eigenvalue weighted by molar-refractivity contribution is 6.32. The van der Waals surface area contributed by atoms with Crippen LogP contribution in [0.5, 0.6) is 0 Å². The summed E-state index contributed by atoms with van der Waals surface area (Å²) in [5.74, 6) is -0.994. The highest BCUT2D eigenvalue weighted by Crippen LogP contribution is 2.19. The Balaban J connectivity index is 2.35. The molecule has 0 aliphatic heterocycles. The number of halogens is 1. The normalized spacial score (nSPS) is 9.65. The molecular formula is C11H11ClN2O3. The lowest BCUT2D eigenvalue weighted by atomic mass is 10.2. The SMILES string of the molecule is N#Cc1ccc(NCCOCC(=O)O)cc1Cl. The summed E-state index contributed by atoms with van der Waals surface area (Å²) >= 11 is 5.84. The summed E-state index contributed by atoms with van der Waals surface area (Å²) in [4.78, 5) is 10.2. The molecule has 0 saturated carbocycles. The van der Waals surface area contributed by atoms with Gasteiger partial charge in [-0.3, -0.25) is 0 Å². The maximum absolute atomic E-state index is 10.2. The van der Waals surface area contributed by atoms with Crippen molar-refractivity contribution in [2.75, 3.05) is 25.1 Å². The van der Waals surface area contributed by atoms with E-state index in [1.54, 1.807) is 18.2 Å². The third-order valence-corrected chi connectivity index (χ3v) is 2.20. The van der Waals surface area contributed by atoms with Crippen molar-refractivity contribution < 1.29 is 14.6 Å². The van der Waals surface area contributed by atoms with Gasteiger partial charge in [0.15, 0.2) is 0 Å². The van der Waals surface area contributed by atoms with Crippen LogP contribution in [0.15, 0.2) is 18.2 Å². The van der Waals surface area contributed by atoms with Crippen LogP contribution in [0.1, 0.15) is 5.56 Å². The van der Waals surface area contributed by atoms with Crippen molar-refractivity contribution in [3.8, 4) is 6.07 Å². The molecule has 0 aliphatic rings. The Bertz CT molecular complexity index is 443. The lowest BCUT2D eigenvalue weighted by molar-refractivity contribution is -0.142. The molecule has 17 heavy (non-hydrogen) atoms. The maximum Gasteiger partial charge on any atom is 0.329 e. The van der Waals surface area contributed by atoms with Crippen molar-refractivity contribution in [2.45, 2.75) is 0 Å². The predicted molar refractivity (Wildman–Crippen MR) is 63.1 cm³/mol. The Kier molecular flexibility index (Phi) is 5.27. The largest absolute Gasteiger partial charge is 0.480 e. The van der Waals surface area contributed by atoms with E-state index in [-0.39, 0.29) is 13.2 Å². The Morgan fingerprint density at radius 2 is 2.35 bits per heavy atom. The van der Waals surface area contributed by atoms with Gasteiger partial charge in [-0.15, -0.1) is 0 Å². The summed E-state index contributed by atoms with van der Waals surface area (Å²) < 4.78 is 4.84. The smallest absolute Gasteiger partial charge is 0.329 e. The summed E-state index contributed by atoms with van der Waals surface area (Å²) in [6, 6.07) is 6.94. The van der Waals surface area contributed by atoms with Crippen LogP contribution in [0.4, 0.5) is 5.69 Å². The third kappa shape index (κ3) is 4.72. The number of carbonyl (C=O) groups is 1. The number of anilines is 1. The highest BCUT2D eigenvalue weighted by Gasteiger charge is 2.00. The van der Waals surface area contributed by atoms with E-state index < -0.39 is 5.97 Å². The molecule has 0 atom stereocenters. The van der Waals surface area contributed by atoms with E-state index in [1.807, 2.05) is 6.07 Å². The van der Waals surface area contributed by atoms with E-state index in [0.717, 1.165) is 5.69 Å². The van der Waals surface area contributed by atoms with E-state index in [1.165, 1.54) is 0 Å². The first-order valence-corrected chi connectivity index (χ1v) is 5.24. The van der Waals surface area contributed by atoms with Gasteiger partial charge in [-0.2, -0.15) is 5.26 Å². The molecule has 0 amide bonds. The molecule has 2 N–H and O–H groups in total. The average molecular weight is 255 g/mol. The van der Waals surface area contributed by atoms with E-state index in [2.05, 4.69) is 5.32 Å². The fourth-order valence-corrected chi connectivity index (χ4v) is 1.37. The van der Waals surface area contributed by atoms with E-state index >= 15 is 0 Å². The summed E-state index contributed by atoms with van der Waals surface area (Å²) in [5, 5.41) is 20.4. The number of hydrogen-bond donors (Lipinski definition) is 2. The van der Waals surface area contributed by atoms with Gasteiger partial charge >= 0.3 is 5.97 Å². The molecule has 0 fully saturated rings. The summed E-state index contributed by atoms with van der Waals surface area (Å²) in [6.07, 6.45) is 0. The molecule has 0 aromatic heterocycles. The van der Waals surface area contributed by atoms with Gasteiger partial charge in [-0.25, -0.2) is 4.79 Å². The molecule has 1 aromatic carbocycles. The van der Waals surface area contributed by atoms with Crippen molar-refractivity contribution >= 4 is 23.3 Å². The van der Waals surface area contributed by atoms with Gasteiger partial charge in [0.05, 0.1) is 17.2 Å².